The lowest BCUT2D eigenvalue weighted by Crippen LogP contribution is -2.30. The highest BCUT2D eigenvalue weighted by atomic mass is 35.5. The first-order valence-electron chi connectivity index (χ1n) is 13.5. The second-order valence-corrected chi connectivity index (χ2v) is 10.5. The predicted octanol–water partition coefficient (Wildman–Crippen LogP) is 7.27. The normalized spacial score (nSPS) is 16.1. The van der Waals surface area contributed by atoms with Gasteiger partial charge >= 0.3 is 0 Å². The van der Waals surface area contributed by atoms with Gasteiger partial charge in [0.05, 0.1) is 18.2 Å². The van der Waals surface area contributed by atoms with Gasteiger partial charge in [0.2, 0.25) is 0 Å². The van der Waals surface area contributed by atoms with E-state index in [1.807, 2.05) is 44.2 Å². The van der Waals surface area contributed by atoms with E-state index in [2.05, 4.69) is 0 Å². The molecule has 1 fully saturated rings. The first-order valence-corrected chi connectivity index (χ1v) is 13.9. The Labute approximate surface area is 249 Å². The molecule has 1 unspecified atom stereocenters. The minimum Gasteiger partial charge on any atom is -0.507 e. The zero-order valence-corrected chi connectivity index (χ0v) is 24.2. The minimum absolute atomic E-state index is 0.0850. The van der Waals surface area contributed by atoms with Gasteiger partial charge in [0.25, 0.3) is 11.7 Å². The van der Waals surface area contributed by atoms with E-state index >= 15 is 0 Å². The van der Waals surface area contributed by atoms with Crippen molar-refractivity contribution in [3.8, 4) is 17.2 Å². The van der Waals surface area contributed by atoms with Crippen molar-refractivity contribution in [2.75, 3.05) is 11.5 Å². The Balaban J connectivity index is 1.61. The summed E-state index contributed by atoms with van der Waals surface area (Å²) in [7, 11) is 0. The summed E-state index contributed by atoms with van der Waals surface area (Å²) in [6.07, 6.45) is 0. The number of aromatic hydroxyl groups is 1. The number of amides is 1. The van der Waals surface area contributed by atoms with Gasteiger partial charge in [-0.25, -0.2) is 0 Å². The molecular weight excluding hydrogens is 554 g/mol. The lowest BCUT2D eigenvalue weighted by atomic mass is 9.94. The molecule has 1 aliphatic rings. The van der Waals surface area contributed by atoms with Crippen LogP contribution < -0.4 is 14.4 Å². The summed E-state index contributed by atoms with van der Waals surface area (Å²) in [4.78, 5) is 28.6. The monoisotopic (exact) mass is 583 g/mol. The molecule has 0 aliphatic carbocycles. The van der Waals surface area contributed by atoms with Crippen molar-refractivity contribution in [3.05, 3.63) is 123 Å². The second kappa shape index (κ2) is 12.0. The number of nitrogens with zero attached hydrogens (tertiary/aromatic N) is 1. The molecule has 0 radical (unpaired) electrons. The number of carbonyl (C=O) groups is 2. The molecule has 4 aromatic carbocycles. The molecule has 214 valence electrons. The number of rotatable bonds is 8. The van der Waals surface area contributed by atoms with Crippen LogP contribution in [0.3, 0.4) is 0 Å². The van der Waals surface area contributed by atoms with Crippen LogP contribution in [0, 0.1) is 13.8 Å². The Hall–Kier alpha value is -4.75. The molecule has 0 saturated carbocycles. The number of carbonyl (C=O) groups excluding carboxylic acids is 2. The third-order valence-electron chi connectivity index (χ3n) is 7.16. The maximum atomic E-state index is 13.6. The number of benzene rings is 4. The molecule has 42 heavy (non-hydrogen) atoms. The molecule has 1 amide bonds. The Kier molecular flexibility index (Phi) is 8.22. The Morgan fingerprint density at radius 3 is 2.36 bits per heavy atom. The van der Waals surface area contributed by atoms with E-state index < -0.39 is 17.7 Å². The smallest absolute Gasteiger partial charge is 0.300 e. The molecular formula is C34H30ClNO6. The number of aliphatic hydroxyl groups is 1. The largest absolute Gasteiger partial charge is 0.507 e. The molecule has 7 nitrogen and oxygen atoms in total. The van der Waals surface area contributed by atoms with Gasteiger partial charge in [-0.15, -0.1) is 0 Å². The summed E-state index contributed by atoms with van der Waals surface area (Å²) in [5.41, 5.74) is 3.64. The topological polar surface area (TPSA) is 96.3 Å². The number of phenols is 1. The summed E-state index contributed by atoms with van der Waals surface area (Å²) in [6, 6.07) is 23.5. The molecule has 1 atom stereocenters. The minimum atomic E-state index is -1.02. The van der Waals surface area contributed by atoms with Gasteiger partial charge < -0.3 is 19.7 Å². The fraction of sp³-hybridized carbons (Fsp3) is 0.176. The van der Waals surface area contributed by atoms with E-state index in [0.717, 1.165) is 11.1 Å². The molecule has 1 heterocycles. The lowest BCUT2D eigenvalue weighted by molar-refractivity contribution is -0.132. The van der Waals surface area contributed by atoms with E-state index in [1.165, 1.54) is 11.0 Å². The number of phenolic OH excluding ortho intramolecular Hbond substituents is 1. The van der Waals surface area contributed by atoms with Gasteiger partial charge in [0, 0.05) is 16.3 Å². The number of aliphatic hydroxyl groups excluding tert-OH is 1. The molecule has 1 saturated heterocycles. The number of ketones is 1. The number of halogens is 1. The zero-order chi connectivity index (χ0) is 30.0. The van der Waals surface area contributed by atoms with E-state index in [9.17, 15) is 19.8 Å². The van der Waals surface area contributed by atoms with Crippen molar-refractivity contribution in [1.82, 2.24) is 0 Å². The van der Waals surface area contributed by atoms with Gasteiger partial charge in [0.1, 0.15) is 18.1 Å². The highest BCUT2D eigenvalue weighted by Gasteiger charge is 2.47. The summed E-state index contributed by atoms with van der Waals surface area (Å²) in [5.74, 6) is -1.24. The fourth-order valence-corrected chi connectivity index (χ4v) is 5.23. The van der Waals surface area contributed by atoms with E-state index in [0.29, 0.717) is 46.4 Å². The van der Waals surface area contributed by atoms with Crippen LogP contribution in [-0.2, 0) is 16.2 Å². The molecule has 2 N–H and O–H groups in total. The molecule has 1 aliphatic heterocycles. The zero-order valence-electron chi connectivity index (χ0n) is 23.4. The van der Waals surface area contributed by atoms with Crippen LogP contribution in [-0.4, -0.2) is 28.5 Å². The first kappa shape index (κ1) is 28.8. The Morgan fingerprint density at radius 2 is 1.64 bits per heavy atom. The number of anilines is 1. The molecule has 0 bridgehead atoms. The van der Waals surface area contributed by atoms with E-state index in [-0.39, 0.29) is 22.8 Å². The summed E-state index contributed by atoms with van der Waals surface area (Å²) >= 11 is 6.30. The van der Waals surface area contributed by atoms with Crippen LogP contribution in [0.5, 0.6) is 17.2 Å². The maximum Gasteiger partial charge on any atom is 0.300 e. The van der Waals surface area contributed by atoms with E-state index in [1.54, 1.807) is 55.5 Å². The van der Waals surface area contributed by atoms with Crippen molar-refractivity contribution >= 4 is 34.7 Å². The number of aryl methyl sites for hydroxylation is 2. The van der Waals surface area contributed by atoms with Gasteiger partial charge in [-0.05, 0) is 85.5 Å². The quantitative estimate of drug-likeness (QED) is 0.129. The molecule has 0 spiro atoms. The second-order valence-electron chi connectivity index (χ2n) is 10.0. The number of hydrogen-bond acceptors (Lipinski definition) is 6. The van der Waals surface area contributed by atoms with Crippen molar-refractivity contribution < 1.29 is 29.3 Å². The third-order valence-corrected chi connectivity index (χ3v) is 7.40. The highest BCUT2D eigenvalue weighted by Crippen LogP contribution is 2.45. The van der Waals surface area contributed by atoms with Crippen LogP contribution in [0.1, 0.15) is 40.8 Å². The Morgan fingerprint density at radius 1 is 0.881 bits per heavy atom. The van der Waals surface area contributed by atoms with Crippen molar-refractivity contribution in [3.63, 3.8) is 0 Å². The standard InChI is InChI=1S/C34H30ClNO6/c1-4-41-29-17-23(11-14-27(29)37)31-30(33(39)34(40)36(31)26-18-25(35)13-10-20(26)2)32(38)24-12-15-28(21(3)16-24)42-19-22-8-6-5-7-9-22/h5-18,31,37-38H,4,19H2,1-3H3/b32-30+. The molecule has 4 aromatic rings. The third kappa shape index (κ3) is 5.56. The number of hydrogen-bond donors (Lipinski definition) is 2. The molecule has 5 rings (SSSR count). The maximum absolute atomic E-state index is 13.6. The summed E-state index contributed by atoms with van der Waals surface area (Å²) in [5, 5.41) is 22.3. The number of ether oxygens (including phenoxy) is 2. The van der Waals surface area contributed by atoms with Crippen molar-refractivity contribution in [2.24, 2.45) is 0 Å². The van der Waals surface area contributed by atoms with Crippen LogP contribution in [0.2, 0.25) is 5.02 Å². The highest BCUT2D eigenvalue weighted by molar-refractivity contribution is 6.52. The average Bonchev–Trinajstić information content (AvgIpc) is 3.24. The number of Topliss-reactive ketones (excluding diaryl/α,β-unsaturated/α-hetero) is 1. The summed E-state index contributed by atoms with van der Waals surface area (Å²) < 4.78 is 11.6. The van der Waals surface area contributed by atoms with Gasteiger partial charge in [-0.2, -0.15) is 0 Å². The van der Waals surface area contributed by atoms with Crippen LogP contribution in [0.15, 0.2) is 90.5 Å². The van der Waals surface area contributed by atoms with Gasteiger partial charge in [-0.1, -0.05) is 54.1 Å². The van der Waals surface area contributed by atoms with Crippen LogP contribution in [0.4, 0.5) is 5.69 Å². The lowest BCUT2D eigenvalue weighted by Gasteiger charge is -2.27. The van der Waals surface area contributed by atoms with E-state index in [4.69, 9.17) is 21.1 Å². The summed E-state index contributed by atoms with van der Waals surface area (Å²) in [6.45, 7) is 6.10. The predicted molar refractivity (Wildman–Crippen MR) is 162 cm³/mol. The molecule has 0 aromatic heterocycles. The Bertz CT molecular complexity index is 1700. The van der Waals surface area contributed by atoms with Crippen molar-refractivity contribution in [2.45, 2.75) is 33.4 Å². The SMILES string of the molecule is CCOc1cc(C2/C(=C(\O)c3ccc(OCc4ccccc4)c(C)c3)C(=O)C(=O)N2c2cc(Cl)ccc2C)ccc1O. The molecule has 8 heteroatoms. The van der Waals surface area contributed by atoms with Crippen LogP contribution >= 0.6 is 11.6 Å². The average molecular weight is 584 g/mol. The first-order chi connectivity index (χ1) is 20.2. The van der Waals surface area contributed by atoms with Crippen molar-refractivity contribution in [1.29, 1.82) is 0 Å². The van der Waals surface area contributed by atoms with Gasteiger partial charge in [-0.3, -0.25) is 14.5 Å². The van der Waals surface area contributed by atoms with Crippen LogP contribution in [0.25, 0.3) is 5.76 Å². The fourth-order valence-electron chi connectivity index (χ4n) is 5.06. The van der Waals surface area contributed by atoms with Gasteiger partial charge in [0.15, 0.2) is 11.5 Å².